The van der Waals surface area contributed by atoms with Crippen molar-refractivity contribution < 1.29 is 92.6 Å². The van der Waals surface area contributed by atoms with Crippen LogP contribution in [-0.4, -0.2) is 19.3 Å². The van der Waals surface area contributed by atoms with Crippen LogP contribution in [0.2, 0.25) is 0 Å². The van der Waals surface area contributed by atoms with Gasteiger partial charge in [-0.2, -0.15) is 0 Å². The number of hydrogen-bond donors (Lipinski definition) is 1. The fourth-order valence-electron chi connectivity index (χ4n) is 10.3. The summed E-state index contributed by atoms with van der Waals surface area (Å²) in [5.41, 5.74) is 11.5. The van der Waals surface area contributed by atoms with Gasteiger partial charge in [0.25, 0.3) is 0 Å². The maximum atomic E-state index is 11.0. The predicted molar refractivity (Wildman–Crippen MR) is 193 cm³/mol. The van der Waals surface area contributed by atoms with Crippen LogP contribution < -0.4 is 73.4 Å². The Hall–Kier alpha value is -1.25. The first-order valence-electron chi connectivity index (χ1n) is 18.8. The van der Waals surface area contributed by atoms with Crippen molar-refractivity contribution in [2.45, 2.75) is 103 Å². The molecule has 52 heavy (non-hydrogen) atoms. The number of phosphoric acid groups is 1. The van der Waals surface area contributed by atoms with E-state index in [-0.39, 0.29) is 64.9 Å². The summed E-state index contributed by atoms with van der Waals surface area (Å²) in [5, 5.41) is 9.86. The van der Waals surface area contributed by atoms with Gasteiger partial charge in [0.2, 0.25) is 0 Å². The van der Waals surface area contributed by atoms with Crippen molar-refractivity contribution in [3.63, 3.8) is 0 Å². The fourth-order valence-corrected chi connectivity index (χ4v) is 10.7. The molecule has 2 fully saturated rings. The molecule has 2 aromatic rings. The Morgan fingerprint density at radius 2 is 1.15 bits per heavy atom. The molecule has 0 saturated heterocycles. The molecule has 1 N–H and O–H groups in total. The summed E-state index contributed by atoms with van der Waals surface area (Å²) >= 11 is 0. The number of phosphoric ester groups is 1. The molecule has 4 bridgehead atoms. The van der Waals surface area contributed by atoms with Gasteiger partial charge in [-0.25, -0.2) is 0 Å². The van der Waals surface area contributed by atoms with E-state index in [1.54, 1.807) is 54.7 Å². The van der Waals surface area contributed by atoms with Crippen molar-refractivity contribution >= 4 is 19.3 Å². The Labute approximate surface area is 354 Å². The Kier molecular flexibility index (Phi) is 15.0. The molecular weight excluding hydrogens is 693 g/mol. The van der Waals surface area contributed by atoms with E-state index in [1.807, 2.05) is 18.2 Å². The molecule has 0 aliphatic heterocycles. The smallest absolute Gasteiger partial charge is 0.780 e. The van der Waals surface area contributed by atoms with Gasteiger partial charge in [0.05, 0.1) is 14.2 Å². The van der Waals surface area contributed by atoms with E-state index >= 15 is 0 Å². The van der Waals surface area contributed by atoms with Crippen LogP contribution >= 0.6 is 7.82 Å². The van der Waals surface area contributed by atoms with Crippen LogP contribution in [0.5, 0.6) is 11.5 Å². The predicted octanol–water partition coefficient (Wildman–Crippen LogP) is 3.39. The summed E-state index contributed by atoms with van der Waals surface area (Å²) < 4.78 is 27.3. The Morgan fingerprint density at radius 3 is 1.63 bits per heavy atom. The maximum Gasteiger partial charge on any atom is 1.00 e. The van der Waals surface area contributed by atoms with Gasteiger partial charge >= 0.3 is 59.1 Å². The van der Waals surface area contributed by atoms with Crippen LogP contribution in [0.25, 0.3) is 11.5 Å². The molecule has 6 aliphatic carbocycles. The van der Waals surface area contributed by atoms with E-state index in [4.69, 9.17) is 9.47 Å². The average molecular weight is 745 g/mol. The summed E-state index contributed by atoms with van der Waals surface area (Å²) in [6, 6.07) is 14.2. The first-order chi connectivity index (χ1) is 24.2. The first-order valence-corrected chi connectivity index (χ1v) is 20.3. The van der Waals surface area contributed by atoms with E-state index in [1.165, 1.54) is 107 Å². The van der Waals surface area contributed by atoms with Crippen molar-refractivity contribution in [3.05, 3.63) is 93.1 Å². The number of phenolic OH excluding ortho intramolecular Hbond substituents is 1. The van der Waals surface area contributed by atoms with Gasteiger partial charge in [0.15, 0.2) is 0 Å². The Morgan fingerprint density at radius 1 is 0.673 bits per heavy atom. The number of aromatic hydroxyl groups is 1. The van der Waals surface area contributed by atoms with E-state index in [9.17, 15) is 19.5 Å². The van der Waals surface area contributed by atoms with Crippen LogP contribution in [0.4, 0.5) is 0 Å². The fraction of sp³-hybridized carbons (Fsp3) is 0.524. The molecule has 6 aliphatic rings. The molecule has 10 heteroatoms. The number of methoxy groups -OCH3 is 2. The van der Waals surface area contributed by atoms with Gasteiger partial charge < -0.3 is 33.5 Å². The number of phenols is 1. The van der Waals surface area contributed by atoms with E-state index in [0.717, 1.165) is 35.5 Å². The standard InChI is InChI=1S/C21H27O5P.C21H26O2.2Na/c1-25-21(16-8-4-9-17(13-16)26-27(22,23)24)20-15-7-5-11-19(20)18-10-3-2-6-14(18)12-15;1-23-21(16-8-4-9-17(22)13-16)20-15-7-5-11-19(20)18-10-3-2-6-14(18)12-15;;/h4,8-9,13,15,19H,2-3,5-7,10-12H2,1H3,(H2,22,23,24);4,8-9,13,15,19,22H,2-3,5-7,10-12H2,1H3;;/q;;2*+1/p-2/b2*21-20+;;. The van der Waals surface area contributed by atoms with Gasteiger partial charge in [-0.1, -0.05) is 59.4 Å². The number of hydrogen-bond acceptors (Lipinski definition) is 7. The summed E-state index contributed by atoms with van der Waals surface area (Å²) in [5.74, 6) is 4.36. The molecule has 8 rings (SSSR count). The van der Waals surface area contributed by atoms with Crippen molar-refractivity contribution in [3.8, 4) is 11.5 Å². The minimum atomic E-state index is -5.08. The Bertz CT molecular complexity index is 1770. The summed E-state index contributed by atoms with van der Waals surface area (Å²) in [6.07, 6.45) is 20.2. The molecule has 0 heterocycles. The molecule has 0 radical (unpaired) electrons. The quantitative estimate of drug-likeness (QED) is 0.209. The molecule has 2 saturated carbocycles. The molecular formula is C42H51Na2O7P. The number of allylic oxidation sites excluding steroid dienone is 6. The van der Waals surface area contributed by atoms with Crippen molar-refractivity contribution in [2.24, 2.45) is 23.7 Å². The molecule has 2 aromatic carbocycles. The number of ether oxygens (including phenoxy) is 2. The second kappa shape index (κ2) is 18.6. The van der Waals surface area contributed by atoms with Crippen LogP contribution in [0.3, 0.4) is 0 Å². The zero-order valence-electron chi connectivity index (χ0n) is 31.6. The van der Waals surface area contributed by atoms with Crippen molar-refractivity contribution in [1.82, 2.24) is 0 Å². The van der Waals surface area contributed by atoms with Crippen LogP contribution in [0.15, 0.2) is 82.0 Å². The van der Waals surface area contributed by atoms with Gasteiger partial charge in [0, 0.05) is 23.0 Å². The second-order valence-corrected chi connectivity index (χ2v) is 16.1. The molecule has 0 aromatic heterocycles. The number of fused-ring (bicyclic) bond motifs is 6. The molecule has 7 nitrogen and oxygen atoms in total. The molecule has 268 valence electrons. The van der Waals surface area contributed by atoms with Gasteiger partial charge in [-0.3, -0.25) is 0 Å². The third-order valence-electron chi connectivity index (χ3n) is 12.2. The SMILES string of the molecule is CO/C(=C1\C2CCCC1C1=C(CCCC1)C2)c1cccc(O)c1.CO/C(=C1\C2CCCC1C1=C(CCCC1)C2)c1cccc(OP(=O)([O-])[O-])c1.[Na+].[Na+]. The molecule has 4 atom stereocenters. The van der Waals surface area contributed by atoms with Crippen LogP contribution in [0, 0.1) is 23.7 Å². The van der Waals surface area contributed by atoms with Crippen LogP contribution in [0.1, 0.15) is 114 Å². The van der Waals surface area contributed by atoms with Crippen molar-refractivity contribution in [2.75, 3.05) is 14.2 Å². The summed E-state index contributed by atoms with van der Waals surface area (Å²) in [6.45, 7) is 0. The minimum absolute atomic E-state index is 0. The summed E-state index contributed by atoms with van der Waals surface area (Å²) in [4.78, 5) is 21.9. The average Bonchev–Trinajstić information content (AvgIpc) is 3.09. The zero-order valence-corrected chi connectivity index (χ0v) is 36.5. The number of rotatable bonds is 6. The topological polar surface area (TPSA) is 111 Å². The third-order valence-corrected chi connectivity index (χ3v) is 12.6. The monoisotopic (exact) mass is 744 g/mol. The largest absolute Gasteiger partial charge is 1.00 e. The summed E-state index contributed by atoms with van der Waals surface area (Å²) in [7, 11) is -1.63. The maximum absolute atomic E-state index is 11.0. The second-order valence-electron chi connectivity index (χ2n) is 15.0. The van der Waals surface area contributed by atoms with Crippen molar-refractivity contribution in [1.29, 1.82) is 0 Å². The molecule has 4 unspecified atom stereocenters. The zero-order chi connectivity index (χ0) is 34.8. The third kappa shape index (κ3) is 9.23. The van der Waals surface area contributed by atoms with Gasteiger partial charge in [0.1, 0.15) is 30.8 Å². The molecule has 0 amide bonds. The van der Waals surface area contributed by atoms with Crippen LogP contribution in [-0.2, 0) is 14.0 Å². The minimum Gasteiger partial charge on any atom is -0.780 e. The Balaban J connectivity index is 0.000000196. The van der Waals surface area contributed by atoms with E-state index in [2.05, 4.69) is 10.6 Å². The van der Waals surface area contributed by atoms with Gasteiger partial charge in [-0.05, 0) is 137 Å². The number of benzene rings is 2. The normalized spacial score (nSPS) is 26.9. The van der Waals surface area contributed by atoms with Gasteiger partial charge in [-0.15, -0.1) is 0 Å². The van der Waals surface area contributed by atoms with E-state index < -0.39 is 7.82 Å². The molecule has 0 spiro atoms. The van der Waals surface area contributed by atoms with E-state index in [0.29, 0.717) is 29.4 Å². The first kappa shape index (κ1) is 41.9.